The SMILES string of the molecule is C[C@H](NC(=O)CCn1c(=O)cc(C(F)F)c2cn(C3CCCC3)nc21)c1ccn(C)n1. The summed E-state index contributed by atoms with van der Waals surface area (Å²) in [6, 6.07) is 2.65. The molecule has 3 heterocycles. The summed E-state index contributed by atoms with van der Waals surface area (Å²) in [4.78, 5) is 25.0. The summed E-state index contributed by atoms with van der Waals surface area (Å²) in [6.45, 7) is 1.88. The molecule has 10 heteroatoms. The smallest absolute Gasteiger partial charge is 0.264 e. The van der Waals surface area contributed by atoms with Gasteiger partial charge in [0.1, 0.15) is 0 Å². The van der Waals surface area contributed by atoms with Crippen molar-refractivity contribution in [1.29, 1.82) is 0 Å². The molecule has 1 atom stereocenters. The Balaban J connectivity index is 1.56. The number of aromatic nitrogens is 5. The highest BCUT2D eigenvalue weighted by atomic mass is 19.3. The van der Waals surface area contributed by atoms with Gasteiger partial charge in [0.15, 0.2) is 5.65 Å². The molecule has 3 aromatic heterocycles. The minimum atomic E-state index is -2.77. The summed E-state index contributed by atoms with van der Waals surface area (Å²) >= 11 is 0. The number of hydrogen-bond acceptors (Lipinski definition) is 4. The first-order valence-corrected chi connectivity index (χ1v) is 10.5. The predicted molar refractivity (Wildman–Crippen MR) is 111 cm³/mol. The third kappa shape index (κ3) is 4.38. The molecule has 8 nitrogen and oxygen atoms in total. The largest absolute Gasteiger partial charge is 0.348 e. The van der Waals surface area contributed by atoms with Crippen LogP contribution in [0.25, 0.3) is 11.0 Å². The van der Waals surface area contributed by atoms with Crippen LogP contribution in [0.5, 0.6) is 0 Å². The Morgan fingerprint density at radius 2 is 2.03 bits per heavy atom. The van der Waals surface area contributed by atoms with Gasteiger partial charge < -0.3 is 5.32 Å². The molecule has 3 aromatic rings. The highest BCUT2D eigenvalue weighted by Gasteiger charge is 2.23. The Labute approximate surface area is 177 Å². The molecule has 4 rings (SSSR count). The van der Waals surface area contributed by atoms with Gasteiger partial charge in [0, 0.05) is 49.4 Å². The minimum Gasteiger partial charge on any atom is -0.348 e. The van der Waals surface area contributed by atoms with E-state index in [1.165, 1.54) is 4.57 Å². The number of hydrogen-bond donors (Lipinski definition) is 1. The van der Waals surface area contributed by atoms with E-state index in [1.54, 1.807) is 28.8 Å². The van der Waals surface area contributed by atoms with Gasteiger partial charge in [-0.15, -0.1) is 0 Å². The molecule has 0 aromatic carbocycles. The number of fused-ring (bicyclic) bond motifs is 1. The maximum Gasteiger partial charge on any atom is 0.264 e. The van der Waals surface area contributed by atoms with E-state index in [-0.39, 0.29) is 47.6 Å². The Bertz CT molecular complexity index is 1140. The molecule has 0 unspecified atom stereocenters. The highest BCUT2D eigenvalue weighted by molar-refractivity contribution is 5.80. The quantitative estimate of drug-likeness (QED) is 0.621. The second-order valence-electron chi connectivity index (χ2n) is 8.13. The Morgan fingerprint density at radius 1 is 1.29 bits per heavy atom. The summed E-state index contributed by atoms with van der Waals surface area (Å²) in [6.07, 6.45) is 4.69. The van der Waals surface area contributed by atoms with Crippen molar-refractivity contribution in [2.75, 3.05) is 0 Å². The number of alkyl halides is 2. The Hall–Kier alpha value is -3.04. The van der Waals surface area contributed by atoms with Gasteiger partial charge in [-0.05, 0) is 25.8 Å². The standard InChI is InChI=1S/C21H26F2N6O2/c1-13(17-7-9-27(2)25-17)24-18(30)8-10-28-19(31)11-15(20(22)23)16-12-29(26-21(16)28)14-5-3-4-6-14/h7,9,11-14,20H,3-6,8,10H2,1-2H3,(H,24,30)/t13-/m0/s1. The summed E-state index contributed by atoms with van der Waals surface area (Å²) in [5.41, 5.74) is 0.0473. The van der Waals surface area contributed by atoms with Gasteiger partial charge in [0.2, 0.25) is 5.91 Å². The van der Waals surface area contributed by atoms with E-state index in [1.807, 2.05) is 13.0 Å². The fourth-order valence-corrected chi connectivity index (χ4v) is 4.20. The summed E-state index contributed by atoms with van der Waals surface area (Å²) < 4.78 is 31.8. The molecule has 31 heavy (non-hydrogen) atoms. The second kappa shape index (κ2) is 8.60. The number of aryl methyl sites for hydroxylation is 2. The Morgan fingerprint density at radius 3 is 2.68 bits per heavy atom. The van der Waals surface area contributed by atoms with Crippen LogP contribution in [0.1, 0.15) is 68.8 Å². The topological polar surface area (TPSA) is 86.7 Å². The van der Waals surface area contributed by atoms with Crippen LogP contribution in [0, 0.1) is 0 Å². The van der Waals surface area contributed by atoms with Crippen LogP contribution in [0.4, 0.5) is 8.78 Å². The van der Waals surface area contributed by atoms with Crippen LogP contribution in [0.2, 0.25) is 0 Å². The van der Waals surface area contributed by atoms with E-state index in [2.05, 4.69) is 15.5 Å². The van der Waals surface area contributed by atoms with Crippen molar-refractivity contribution in [3.8, 4) is 0 Å². The lowest BCUT2D eigenvalue weighted by Gasteiger charge is -2.13. The lowest BCUT2D eigenvalue weighted by atomic mass is 10.2. The number of halogens is 2. The van der Waals surface area contributed by atoms with Crippen molar-refractivity contribution >= 4 is 16.9 Å². The zero-order valence-corrected chi connectivity index (χ0v) is 17.6. The summed E-state index contributed by atoms with van der Waals surface area (Å²) in [7, 11) is 1.80. The first-order valence-electron chi connectivity index (χ1n) is 10.5. The van der Waals surface area contributed by atoms with Crippen molar-refractivity contribution in [1.82, 2.24) is 29.4 Å². The van der Waals surface area contributed by atoms with Gasteiger partial charge in [-0.2, -0.15) is 10.2 Å². The van der Waals surface area contributed by atoms with Crippen molar-refractivity contribution in [3.05, 3.63) is 46.1 Å². The second-order valence-corrected chi connectivity index (χ2v) is 8.13. The molecule has 0 bridgehead atoms. The van der Waals surface area contributed by atoms with Crippen molar-refractivity contribution in [3.63, 3.8) is 0 Å². The van der Waals surface area contributed by atoms with Gasteiger partial charge in [0.05, 0.1) is 17.8 Å². The van der Waals surface area contributed by atoms with Gasteiger partial charge in [-0.25, -0.2) is 8.78 Å². The fourth-order valence-electron chi connectivity index (χ4n) is 4.20. The van der Waals surface area contributed by atoms with Crippen LogP contribution >= 0.6 is 0 Å². The molecule has 1 aliphatic carbocycles. The first-order chi connectivity index (χ1) is 14.8. The molecule has 0 spiro atoms. The minimum absolute atomic E-state index is 0.0243. The first kappa shape index (κ1) is 21.2. The van der Waals surface area contributed by atoms with E-state index >= 15 is 0 Å². The lowest BCUT2D eigenvalue weighted by molar-refractivity contribution is -0.122. The van der Waals surface area contributed by atoms with Crippen LogP contribution in [-0.2, 0) is 18.4 Å². The third-order valence-corrected chi connectivity index (χ3v) is 5.88. The van der Waals surface area contributed by atoms with Gasteiger partial charge in [-0.1, -0.05) is 12.8 Å². The molecule has 1 saturated carbocycles. The normalized spacial score (nSPS) is 15.8. The third-order valence-electron chi connectivity index (χ3n) is 5.88. The predicted octanol–water partition coefficient (Wildman–Crippen LogP) is 3.25. The highest BCUT2D eigenvalue weighted by Crippen LogP contribution is 2.32. The number of nitrogens with one attached hydrogen (secondary N) is 1. The number of rotatable bonds is 7. The number of carbonyl (C=O) groups excluding carboxylic acids is 1. The summed E-state index contributed by atoms with van der Waals surface area (Å²) in [5, 5.41) is 11.9. The van der Waals surface area contributed by atoms with E-state index < -0.39 is 12.0 Å². The number of nitrogens with zero attached hydrogens (tertiary/aromatic N) is 5. The van der Waals surface area contributed by atoms with Crippen LogP contribution < -0.4 is 10.9 Å². The monoisotopic (exact) mass is 432 g/mol. The number of amides is 1. The maximum atomic E-state index is 13.6. The van der Waals surface area contributed by atoms with E-state index in [0.29, 0.717) is 0 Å². The lowest BCUT2D eigenvalue weighted by Crippen LogP contribution is -2.30. The molecule has 1 N–H and O–H groups in total. The van der Waals surface area contributed by atoms with Gasteiger partial charge in [-0.3, -0.25) is 23.5 Å². The van der Waals surface area contributed by atoms with Crippen LogP contribution in [0.15, 0.2) is 29.3 Å². The molecule has 166 valence electrons. The molecule has 0 radical (unpaired) electrons. The van der Waals surface area contributed by atoms with E-state index in [0.717, 1.165) is 37.4 Å². The Kier molecular flexibility index (Phi) is 5.88. The molecule has 0 aliphatic heterocycles. The zero-order valence-electron chi connectivity index (χ0n) is 17.6. The van der Waals surface area contributed by atoms with E-state index in [9.17, 15) is 18.4 Å². The zero-order chi connectivity index (χ0) is 22.1. The molecule has 0 saturated heterocycles. The fraction of sp³-hybridized carbons (Fsp3) is 0.524. The van der Waals surface area contributed by atoms with E-state index in [4.69, 9.17) is 0 Å². The van der Waals surface area contributed by atoms with Gasteiger partial charge in [0.25, 0.3) is 12.0 Å². The number of pyridine rings is 1. The van der Waals surface area contributed by atoms with Crippen molar-refractivity contribution in [2.45, 2.75) is 64.1 Å². The van der Waals surface area contributed by atoms with Crippen molar-refractivity contribution < 1.29 is 13.6 Å². The molecule has 1 aliphatic rings. The van der Waals surface area contributed by atoms with Gasteiger partial charge >= 0.3 is 0 Å². The van der Waals surface area contributed by atoms with Crippen molar-refractivity contribution in [2.24, 2.45) is 7.05 Å². The van der Waals surface area contributed by atoms with Crippen LogP contribution in [0.3, 0.4) is 0 Å². The summed E-state index contributed by atoms with van der Waals surface area (Å²) in [5.74, 6) is -0.258. The average Bonchev–Trinajstić information content (AvgIpc) is 3.46. The molecule has 1 fully saturated rings. The number of carbonyl (C=O) groups is 1. The maximum absolute atomic E-state index is 13.6. The molecule has 1 amide bonds. The molecular weight excluding hydrogens is 406 g/mol. The average molecular weight is 432 g/mol. The van der Waals surface area contributed by atoms with Crippen LogP contribution in [-0.4, -0.2) is 30.0 Å². The molecular formula is C21H26F2N6O2.